The number of nitrogens with one attached hydrogen (secondary N) is 1. The molecule has 0 aliphatic carbocycles. The lowest BCUT2D eigenvalue weighted by Gasteiger charge is -2.12. The van der Waals surface area contributed by atoms with Gasteiger partial charge in [0.15, 0.2) is 11.5 Å². The van der Waals surface area contributed by atoms with Crippen LogP contribution in [0.2, 0.25) is 0 Å². The largest absolute Gasteiger partial charge is 0.493 e. The van der Waals surface area contributed by atoms with E-state index in [1.165, 1.54) is 0 Å². The summed E-state index contributed by atoms with van der Waals surface area (Å²) in [5.41, 5.74) is 0.513. The molecule has 7 heteroatoms. The van der Waals surface area contributed by atoms with Crippen molar-refractivity contribution in [2.24, 2.45) is 0 Å². The topological polar surface area (TPSA) is 68.6 Å². The average Bonchev–Trinajstić information content (AvgIpc) is 2.84. The van der Waals surface area contributed by atoms with Crippen LogP contribution in [0.15, 0.2) is 6.20 Å². The normalized spacial score (nSPS) is 11.1. The van der Waals surface area contributed by atoms with E-state index in [2.05, 4.69) is 10.4 Å². The lowest BCUT2D eigenvalue weighted by atomic mass is 10.2. The predicted molar refractivity (Wildman–Crippen MR) is 76.4 cm³/mol. The van der Waals surface area contributed by atoms with E-state index >= 15 is 0 Å². The monoisotopic (exact) mass is 284 g/mol. The first kappa shape index (κ1) is 16.6. The zero-order valence-corrected chi connectivity index (χ0v) is 12.7. The van der Waals surface area contributed by atoms with Crippen LogP contribution in [-0.2, 0) is 11.3 Å². The molecule has 0 unspecified atom stereocenters. The molecule has 1 rings (SSSR count). The van der Waals surface area contributed by atoms with E-state index in [-0.39, 0.29) is 12.3 Å². The Morgan fingerprint density at radius 2 is 2.20 bits per heavy atom. The van der Waals surface area contributed by atoms with Gasteiger partial charge in [0.2, 0.25) is 0 Å². The number of rotatable bonds is 10. The van der Waals surface area contributed by atoms with Crippen LogP contribution >= 0.6 is 0 Å². The maximum Gasteiger partial charge on any atom is 0.198 e. The lowest BCUT2D eigenvalue weighted by Crippen LogP contribution is -2.29. The molecule has 0 aliphatic rings. The fraction of sp³-hybridized carbons (Fsp3) is 0.692. The van der Waals surface area contributed by atoms with Gasteiger partial charge in [-0.2, -0.15) is 5.10 Å². The van der Waals surface area contributed by atoms with Crippen molar-refractivity contribution in [3.63, 3.8) is 0 Å². The molecule has 1 heterocycles. The van der Waals surface area contributed by atoms with Crippen molar-refractivity contribution < 1.29 is 14.3 Å². The third kappa shape index (κ3) is 4.92. The SMILES string of the molecule is COCCNCC(=O)c1c(OC)cnn1CCN(C)C. The minimum absolute atomic E-state index is 0.0331. The molecule has 20 heavy (non-hydrogen) atoms. The Morgan fingerprint density at radius 3 is 2.80 bits per heavy atom. The van der Waals surface area contributed by atoms with E-state index in [0.717, 1.165) is 6.54 Å². The fourth-order valence-corrected chi connectivity index (χ4v) is 1.72. The molecule has 0 fully saturated rings. The number of likely N-dealkylation sites (N-methyl/N-ethyl adjacent to an activating group) is 1. The standard InChI is InChI=1S/C13H24N4O3/c1-16(2)6-7-17-13(12(20-4)10-15-17)11(18)9-14-5-8-19-3/h10,14H,5-9H2,1-4H3. The number of hydrogen-bond acceptors (Lipinski definition) is 6. The minimum Gasteiger partial charge on any atom is -0.493 e. The van der Waals surface area contributed by atoms with Crippen LogP contribution in [0.1, 0.15) is 10.5 Å². The second-order valence-electron chi connectivity index (χ2n) is 4.68. The van der Waals surface area contributed by atoms with Gasteiger partial charge in [0.25, 0.3) is 0 Å². The van der Waals surface area contributed by atoms with E-state index in [4.69, 9.17) is 9.47 Å². The first-order valence-electron chi connectivity index (χ1n) is 6.57. The Kier molecular flexibility index (Phi) is 7.21. The first-order chi connectivity index (χ1) is 9.60. The molecular formula is C13H24N4O3. The van der Waals surface area contributed by atoms with E-state index in [9.17, 15) is 4.79 Å². The van der Waals surface area contributed by atoms with Crippen LogP contribution in [0.3, 0.4) is 0 Å². The van der Waals surface area contributed by atoms with Gasteiger partial charge in [0, 0.05) is 20.2 Å². The fourth-order valence-electron chi connectivity index (χ4n) is 1.72. The number of carbonyl (C=O) groups excluding carboxylic acids is 1. The molecule has 114 valence electrons. The summed E-state index contributed by atoms with van der Waals surface area (Å²) in [5.74, 6) is 0.483. The molecule has 0 saturated heterocycles. The Bertz CT molecular complexity index is 418. The Morgan fingerprint density at radius 1 is 1.45 bits per heavy atom. The summed E-state index contributed by atoms with van der Waals surface area (Å²) in [7, 11) is 7.13. The predicted octanol–water partition coefficient (Wildman–Crippen LogP) is -0.128. The minimum atomic E-state index is -0.0331. The highest BCUT2D eigenvalue weighted by Gasteiger charge is 2.18. The maximum atomic E-state index is 12.3. The summed E-state index contributed by atoms with van der Waals surface area (Å²) < 4.78 is 11.8. The summed E-state index contributed by atoms with van der Waals surface area (Å²) in [6.45, 7) is 2.91. The van der Waals surface area contributed by atoms with Crippen molar-refractivity contribution in [1.29, 1.82) is 0 Å². The highest BCUT2D eigenvalue weighted by Crippen LogP contribution is 2.17. The van der Waals surface area contributed by atoms with Gasteiger partial charge < -0.3 is 19.7 Å². The van der Waals surface area contributed by atoms with Crippen molar-refractivity contribution >= 4 is 5.78 Å². The van der Waals surface area contributed by atoms with Gasteiger partial charge in [0.05, 0.1) is 33.0 Å². The van der Waals surface area contributed by atoms with Gasteiger partial charge in [-0.25, -0.2) is 0 Å². The van der Waals surface area contributed by atoms with Gasteiger partial charge >= 0.3 is 0 Å². The Balaban J connectivity index is 2.69. The third-order valence-corrected chi connectivity index (χ3v) is 2.82. The van der Waals surface area contributed by atoms with Crippen LogP contribution < -0.4 is 10.1 Å². The van der Waals surface area contributed by atoms with Gasteiger partial charge in [-0.1, -0.05) is 0 Å². The average molecular weight is 284 g/mol. The van der Waals surface area contributed by atoms with E-state index in [0.29, 0.717) is 31.1 Å². The number of ether oxygens (including phenoxy) is 2. The summed E-state index contributed by atoms with van der Waals surface area (Å²) in [5, 5.41) is 7.25. The molecule has 0 amide bonds. The van der Waals surface area contributed by atoms with Crippen molar-refractivity contribution in [2.75, 3.05) is 54.6 Å². The van der Waals surface area contributed by atoms with E-state index < -0.39 is 0 Å². The lowest BCUT2D eigenvalue weighted by molar-refractivity contribution is 0.0973. The van der Waals surface area contributed by atoms with Crippen LogP contribution in [0.5, 0.6) is 5.75 Å². The quantitative estimate of drug-likeness (QED) is 0.477. The van der Waals surface area contributed by atoms with Gasteiger partial charge in [-0.3, -0.25) is 9.48 Å². The number of methoxy groups -OCH3 is 2. The summed E-state index contributed by atoms with van der Waals surface area (Å²) >= 11 is 0. The van der Waals surface area contributed by atoms with Crippen LogP contribution in [0.25, 0.3) is 0 Å². The smallest absolute Gasteiger partial charge is 0.198 e. The molecule has 1 aromatic rings. The number of Topliss-reactive ketones (excluding diaryl/α,β-unsaturated/α-hetero) is 1. The molecule has 0 atom stereocenters. The third-order valence-electron chi connectivity index (χ3n) is 2.82. The van der Waals surface area contributed by atoms with Crippen molar-refractivity contribution in [1.82, 2.24) is 20.0 Å². The summed E-state index contributed by atoms with van der Waals surface area (Å²) in [4.78, 5) is 14.3. The molecule has 7 nitrogen and oxygen atoms in total. The maximum absolute atomic E-state index is 12.3. The van der Waals surface area contributed by atoms with Crippen LogP contribution in [-0.4, -0.2) is 75.0 Å². The Hall–Kier alpha value is -1.44. The molecule has 0 spiro atoms. The number of hydrogen-bond donors (Lipinski definition) is 1. The second kappa shape index (κ2) is 8.68. The van der Waals surface area contributed by atoms with Crippen molar-refractivity contribution in [3.05, 3.63) is 11.9 Å². The van der Waals surface area contributed by atoms with Crippen LogP contribution in [0.4, 0.5) is 0 Å². The molecule has 1 N–H and O–H groups in total. The Labute approximate surface area is 119 Å². The molecule has 0 aromatic carbocycles. The first-order valence-corrected chi connectivity index (χ1v) is 6.57. The molecular weight excluding hydrogens is 260 g/mol. The highest BCUT2D eigenvalue weighted by atomic mass is 16.5. The van der Waals surface area contributed by atoms with Gasteiger partial charge in [-0.15, -0.1) is 0 Å². The second-order valence-corrected chi connectivity index (χ2v) is 4.68. The van der Waals surface area contributed by atoms with Crippen LogP contribution in [0, 0.1) is 0 Å². The summed E-state index contributed by atoms with van der Waals surface area (Å²) in [6.07, 6.45) is 1.58. The highest BCUT2D eigenvalue weighted by molar-refractivity contribution is 5.98. The van der Waals surface area contributed by atoms with E-state index in [1.807, 2.05) is 19.0 Å². The van der Waals surface area contributed by atoms with E-state index in [1.54, 1.807) is 25.1 Å². The number of nitrogens with zero attached hydrogens (tertiary/aromatic N) is 3. The molecule has 0 radical (unpaired) electrons. The number of carbonyl (C=O) groups is 1. The van der Waals surface area contributed by atoms with Crippen molar-refractivity contribution in [3.8, 4) is 5.75 Å². The molecule has 1 aromatic heterocycles. The zero-order chi connectivity index (χ0) is 15.0. The van der Waals surface area contributed by atoms with Crippen molar-refractivity contribution in [2.45, 2.75) is 6.54 Å². The molecule has 0 bridgehead atoms. The van der Waals surface area contributed by atoms with Gasteiger partial charge in [-0.05, 0) is 14.1 Å². The van der Waals surface area contributed by atoms with Gasteiger partial charge in [0.1, 0.15) is 5.69 Å². The number of aromatic nitrogens is 2. The molecule has 0 aliphatic heterocycles. The molecule has 0 saturated carbocycles. The summed E-state index contributed by atoms with van der Waals surface area (Å²) in [6, 6.07) is 0. The zero-order valence-electron chi connectivity index (χ0n) is 12.7. The number of ketones is 1.